The van der Waals surface area contributed by atoms with E-state index >= 15 is 0 Å². The first kappa shape index (κ1) is 47.7. The van der Waals surface area contributed by atoms with Gasteiger partial charge >= 0.3 is 11.9 Å². The van der Waals surface area contributed by atoms with Crippen molar-refractivity contribution in [3.8, 4) is 0 Å². The summed E-state index contributed by atoms with van der Waals surface area (Å²) in [5, 5.41) is 39.9. The SMILES string of the molecule is CC(O)(O)O.CCCCCCCC/C=C\CCCCCCCC(=O)O.CCCCCCCC/C=C\CCCCCCCC(=O)O. The largest absolute Gasteiger partial charge is 0.481 e. The molecular formula is C38H74O7. The van der Waals surface area contributed by atoms with Crippen LogP contribution in [0.2, 0.25) is 0 Å². The molecule has 0 aliphatic carbocycles. The number of hydrogen-bond acceptors (Lipinski definition) is 5. The molecule has 0 aromatic heterocycles. The van der Waals surface area contributed by atoms with Crippen molar-refractivity contribution < 1.29 is 35.1 Å². The standard InChI is InChI=1S/2C18H34O2.C2H6O3/c2*1-2-3-4-5-6-7-8-9-10-11-12-13-14-15-16-17-18(19)20;1-2(3,4)5/h2*9-10H,2-8,11-17H2,1H3,(H,19,20);3-5H,1H3/b2*10-9-;. The van der Waals surface area contributed by atoms with Crippen LogP contribution in [0, 0.1) is 0 Å². The molecule has 0 aliphatic heterocycles. The van der Waals surface area contributed by atoms with Gasteiger partial charge in [-0.05, 0) is 64.2 Å². The van der Waals surface area contributed by atoms with Crippen molar-refractivity contribution in [3.63, 3.8) is 0 Å². The Hall–Kier alpha value is -1.70. The Labute approximate surface area is 277 Å². The third kappa shape index (κ3) is 65.8. The average molecular weight is 643 g/mol. The summed E-state index contributed by atoms with van der Waals surface area (Å²) < 4.78 is 0. The second kappa shape index (κ2) is 40.3. The van der Waals surface area contributed by atoms with E-state index < -0.39 is 17.9 Å². The Balaban J connectivity index is -0.000000680. The van der Waals surface area contributed by atoms with Crippen LogP contribution in [-0.2, 0) is 9.59 Å². The summed E-state index contributed by atoms with van der Waals surface area (Å²) in [6.45, 7) is 5.37. The zero-order valence-electron chi connectivity index (χ0n) is 29.7. The van der Waals surface area contributed by atoms with Crippen molar-refractivity contribution in [3.05, 3.63) is 24.3 Å². The van der Waals surface area contributed by atoms with E-state index in [1.807, 2.05) is 0 Å². The van der Waals surface area contributed by atoms with Gasteiger partial charge < -0.3 is 25.5 Å². The van der Waals surface area contributed by atoms with Gasteiger partial charge in [0.2, 0.25) is 0 Å². The van der Waals surface area contributed by atoms with Gasteiger partial charge in [-0.15, -0.1) is 0 Å². The maximum absolute atomic E-state index is 10.3. The molecule has 268 valence electrons. The van der Waals surface area contributed by atoms with Crippen molar-refractivity contribution >= 4 is 11.9 Å². The molecule has 0 bridgehead atoms. The molecular weight excluding hydrogens is 568 g/mol. The van der Waals surface area contributed by atoms with Crippen LogP contribution in [0.4, 0.5) is 0 Å². The molecule has 0 amide bonds. The first-order valence-corrected chi connectivity index (χ1v) is 18.4. The molecule has 45 heavy (non-hydrogen) atoms. The van der Waals surface area contributed by atoms with Gasteiger partial charge in [0, 0.05) is 19.8 Å². The van der Waals surface area contributed by atoms with Crippen LogP contribution in [0.5, 0.6) is 0 Å². The molecule has 7 heteroatoms. The molecule has 0 aromatic rings. The normalized spacial score (nSPS) is 11.3. The molecule has 7 nitrogen and oxygen atoms in total. The first-order chi connectivity index (χ1) is 21.5. The molecule has 0 atom stereocenters. The van der Waals surface area contributed by atoms with Crippen LogP contribution >= 0.6 is 0 Å². The van der Waals surface area contributed by atoms with Crippen molar-refractivity contribution in [1.82, 2.24) is 0 Å². The minimum Gasteiger partial charge on any atom is -0.481 e. The minimum absolute atomic E-state index is 0.332. The van der Waals surface area contributed by atoms with E-state index in [1.54, 1.807) is 0 Å². The summed E-state index contributed by atoms with van der Waals surface area (Å²) in [5.74, 6) is -3.83. The summed E-state index contributed by atoms with van der Waals surface area (Å²) >= 11 is 0. The Morgan fingerprint density at radius 3 is 0.844 bits per heavy atom. The third-order valence-electron chi connectivity index (χ3n) is 7.30. The lowest BCUT2D eigenvalue weighted by molar-refractivity contribution is -0.297. The van der Waals surface area contributed by atoms with Crippen molar-refractivity contribution in [2.24, 2.45) is 0 Å². The number of unbranched alkanes of at least 4 members (excludes halogenated alkanes) is 22. The number of hydrogen-bond donors (Lipinski definition) is 5. The molecule has 0 aromatic carbocycles. The Morgan fingerprint density at radius 1 is 0.422 bits per heavy atom. The topological polar surface area (TPSA) is 135 Å². The summed E-state index contributed by atoms with van der Waals surface area (Å²) in [6.07, 6.45) is 42.5. The fourth-order valence-corrected chi connectivity index (χ4v) is 4.69. The van der Waals surface area contributed by atoms with Crippen LogP contribution in [0.15, 0.2) is 24.3 Å². The first-order valence-electron chi connectivity index (χ1n) is 18.4. The summed E-state index contributed by atoms with van der Waals surface area (Å²) in [6, 6.07) is 0. The van der Waals surface area contributed by atoms with Gasteiger partial charge in [-0.25, -0.2) is 0 Å². The van der Waals surface area contributed by atoms with Gasteiger partial charge in [0.25, 0.3) is 5.97 Å². The highest BCUT2D eigenvalue weighted by Gasteiger charge is 2.03. The highest BCUT2D eigenvalue weighted by atomic mass is 16.7. The maximum atomic E-state index is 10.3. The van der Waals surface area contributed by atoms with Gasteiger partial charge in [0.05, 0.1) is 0 Å². The second-order valence-electron chi connectivity index (χ2n) is 12.4. The van der Waals surface area contributed by atoms with Gasteiger partial charge in [0.15, 0.2) is 0 Å². The summed E-state index contributed by atoms with van der Waals surface area (Å²) in [4.78, 5) is 20.6. The fraction of sp³-hybridized carbons (Fsp3) is 0.842. The smallest absolute Gasteiger partial charge is 0.303 e. The molecule has 0 fully saturated rings. The Kier molecular flexibility index (Phi) is 42.7. The number of carboxylic acids is 2. The zero-order valence-corrected chi connectivity index (χ0v) is 29.7. The van der Waals surface area contributed by atoms with Crippen LogP contribution in [0.1, 0.15) is 201 Å². The van der Waals surface area contributed by atoms with Gasteiger partial charge in [-0.1, -0.05) is 141 Å². The van der Waals surface area contributed by atoms with Gasteiger partial charge in [0.1, 0.15) is 0 Å². The van der Waals surface area contributed by atoms with E-state index in [4.69, 9.17) is 25.5 Å². The molecule has 0 heterocycles. The monoisotopic (exact) mass is 643 g/mol. The average Bonchev–Trinajstić information content (AvgIpc) is 2.96. The lowest BCUT2D eigenvalue weighted by Crippen LogP contribution is -2.20. The van der Waals surface area contributed by atoms with Crippen molar-refractivity contribution in [2.45, 2.75) is 207 Å². The Morgan fingerprint density at radius 2 is 0.622 bits per heavy atom. The maximum Gasteiger partial charge on any atom is 0.303 e. The van der Waals surface area contributed by atoms with Crippen LogP contribution < -0.4 is 0 Å². The quantitative estimate of drug-likeness (QED) is 0.0299. The van der Waals surface area contributed by atoms with Crippen LogP contribution in [-0.4, -0.2) is 43.4 Å². The van der Waals surface area contributed by atoms with Crippen molar-refractivity contribution in [2.75, 3.05) is 0 Å². The third-order valence-corrected chi connectivity index (χ3v) is 7.30. The molecule has 0 radical (unpaired) electrons. The lowest BCUT2D eigenvalue weighted by Gasteiger charge is -2.01. The minimum atomic E-state index is -2.50. The van der Waals surface area contributed by atoms with E-state index in [-0.39, 0.29) is 0 Å². The molecule has 0 spiro atoms. The fourth-order valence-electron chi connectivity index (χ4n) is 4.69. The van der Waals surface area contributed by atoms with Gasteiger partial charge in [-0.3, -0.25) is 9.59 Å². The second-order valence-corrected chi connectivity index (χ2v) is 12.4. The van der Waals surface area contributed by atoms with Crippen LogP contribution in [0.25, 0.3) is 0 Å². The molecule has 0 saturated carbocycles. The zero-order chi connectivity index (χ0) is 34.3. The summed E-state index contributed by atoms with van der Waals surface area (Å²) in [5.41, 5.74) is 0. The predicted molar refractivity (Wildman–Crippen MR) is 189 cm³/mol. The summed E-state index contributed by atoms with van der Waals surface area (Å²) in [7, 11) is 0. The molecule has 0 saturated heterocycles. The number of aliphatic hydroxyl groups is 3. The van der Waals surface area contributed by atoms with Crippen molar-refractivity contribution in [1.29, 1.82) is 0 Å². The number of carbonyl (C=O) groups is 2. The van der Waals surface area contributed by atoms with E-state index in [1.165, 1.54) is 141 Å². The van der Waals surface area contributed by atoms with Gasteiger partial charge in [-0.2, -0.15) is 0 Å². The molecule has 0 unspecified atom stereocenters. The van der Waals surface area contributed by atoms with E-state index in [2.05, 4.69) is 38.2 Å². The van der Waals surface area contributed by atoms with E-state index in [9.17, 15) is 9.59 Å². The highest BCUT2D eigenvalue weighted by molar-refractivity contribution is 5.66. The number of aliphatic carboxylic acids is 2. The molecule has 0 aliphatic rings. The lowest BCUT2D eigenvalue weighted by atomic mass is 10.1. The van der Waals surface area contributed by atoms with E-state index in [0.717, 1.165) is 32.6 Å². The molecule has 0 rings (SSSR count). The number of carboxylic acid groups (broad SMARTS) is 2. The Bertz CT molecular complexity index is 597. The predicted octanol–water partition coefficient (Wildman–Crippen LogP) is 10.9. The van der Waals surface area contributed by atoms with E-state index in [0.29, 0.717) is 12.8 Å². The molecule has 5 N–H and O–H groups in total. The number of rotatable bonds is 30. The highest BCUT2D eigenvalue weighted by Crippen LogP contribution is 2.11. The van der Waals surface area contributed by atoms with Crippen LogP contribution in [0.3, 0.4) is 0 Å². The number of allylic oxidation sites excluding steroid dienone is 4.